The van der Waals surface area contributed by atoms with Crippen LogP contribution in [0.5, 0.6) is 0 Å². The van der Waals surface area contributed by atoms with E-state index < -0.39 is 0 Å². The zero-order valence-corrected chi connectivity index (χ0v) is 15.3. The van der Waals surface area contributed by atoms with E-state index in [0.717, 1.165) is 26.9 Å². The maximum absolute atomic E-state index is 13.0. The van der Waals surface area contributed by atoms with Gasteiger partial charge in [0.2, 0.25) is 0 Å². The van der Waals surface area contributed by atoms with Crippen LogP contribution in [0.15, 0.2) is 65.0 Å². The lowest BCUT2D eigenvalue weighted by molar-refractivity contribution is 0.698. The molecule has 0 fully saturated rings. The van der Waals surface area contributed by atoms with Crippen LogP contribution in [-0.2, 0) is 6.54 Å². The van der Waals surface area contributed by atoms with Crippen molar-refractivity contribution in [3.8, 4) is 22.5 Å². The molecule has 1 aromatic carbocycles. The number of hydrogen-bond donors (Lipinski definition) is 0. The fourth-order valence-electron chi connectivity index (χ4n) is 3.30. The van der Waals surface area contributed by atoms with E-state index in [-0.39, 0.29) is 5.69 Å². The monoisotopic (exact) mass is 373 g/mol. The van der Waals surface area contributed by atoms with Crippen molar-refractivity contribution in [2.75, 3.05) is 0 Å². The molecular weight excluding hydrogens is 358 g/mol. The average molecular weight is 373 g/mol. The zero-order chi connectivity index (χ0) is 18.4. The maximum atomic E-state index is 13.0. The van der Waals surface area contributed by atoms with E-state index in [4.69, 9.17) is 4.98 Å². The first-order chi connectivity index (χ1) is 13.3. The highest BCUT2D eigenvalue weighted by atomic mass is 32.1. The molecule has 0 aliphatic carbocycles. The van der Waals surface area contributed by atoms with Crippen LogP contribution in [0.1, 0.15) is 6.92 Å². The molecule has 0 aliphatic rings. The lowest BCUT2D eigenvalue weighted by atomic mass is 10.1. The first-order valence-corrected chi connectivity index (χ1v) is 9.52. The van der Waals surface area contributed by atoms with Crippen LogP contribution >= 0.6 is 11.3 Å². The van der Waals surface area contributed by atoms with E-state index in [1.165, 1.54) is 4.52 Å². The molecule has 0 atom stereocenters. The predicted octanol–water partition coefficient (Wildman–Crippen LogP) is 3.85. The predicted molar refractivity (Wildman–Crippen MR) is 107 cm³/mol. The van der Waals surface area contributed by atoms with Gasteiger partial charge >= 0.3 is 5.69 Å². The molecule has 0 saturated heterocycles. The van der Waals surface area contributed by atoms with Crippen LogP contribution < -0.4 is 5.69 Å². The van der Waals surface area contributed by atoms with Gasteiger partial charge in [-0.3, -0.25) is 9.55 Å². The van der Waals surface area contributed by atoms with Crippen LogP contribution in [0, 0.1) is 0 Å². The van der Waals surface area contributed by atoms with E-state index in [0.29, 0.717) is 18.0 Å². The second kappa shape index (κ2) is 6.14. The third kappa shape index (κ3) is 2.39. The van der Waals surface area contributed by atoms with Gasteiger partial charge in [-0.05, 0) is 24.6 Å². The Morgan fingerprint density at radius 2 is 1.89 bits per heavy atom. The van der Waals surface area contributed by atoms with Gasteiger partial charge in [0, 0.05) is 35.4 Å². The fourth-order valence-corrected chi connectivity index (χ4v) is 4.43. The molecule has 7 heteroatoms. The van der Waals surface area contributed by atoms with E-state index in [9.17, 15) is 4.79 Å². The Bertz CT molecular complexity index is 1320. The molecule has 5 rings (SSSR count). The Balaban J connectivity index is 1.91. The van der Waals surface area contributed by atoms with Gasteiger partial charge in [0.05, 0.1) is 5.39 Å². The van der Waals surface area contributed by atoms with Crippen molar-refractivity contribution >= 4 is 27.2 Å². The molecule has 5 aromatic rings. The summed E-state index contributed by atoms with van der Waals surface area (Å²) in [5.74, 6) is 0.501. The molecule has 0 amide bonds. The van der Waals surface area contributed by atoms with Crippen LogP contribution in [0.4, 0.5) is 0 Å². The summed E-state index contributed by atoms with van der Waals surface area (Å²) in [4.78, 5) is 22.7. The molecule has 4 heterocycles. The lowest BCUT2D eigenvalue weighted by Crippen LogP contribution is -2.26. The Morgan fingerprint density at radius 3 is 2.63 bits per heavy atom. The summed E-state index contributed by atoms with van der Waals surface area (Å²) in [5.41, 5.74) is 3.35. The molecule has 27 heavy (non-hydrogen) atoms. The van der Waals surface area contributed by atoms with Crippen molar-refractivity contribution in [2.24, 2.45) is 0 Å². The zero-order valence-electron chi connectivity index (χ0n) is 14.5. The second-order valence-corrected chi connectivity index (χ2v) is 6.99. The highest BCUT2D eigenvalue weighted by molar-refractivity contribution is 7.17. The lowest BCUT2D eigenvalue weighted by Gasteiger charge is -2.06. The number of hydrogen-bond acceptors (Lipinski definition) is 5. The van der Waals surface area contributed by atoms with Gasteiger partial charge in [0.15, 0.2) is 11.5 Å². The standard InChI is InChI=1S/C20H15N5OS/c1-2-24-19-16(15(12-27-19)13-7-4-3-5-8-13)18-22-17(23-25(18)20(24)26)14-9-6-10-21-11-14/h3-12H,2H2,1H3. The molecule has 6 nitrogen and oxygen atoms in total. The largest absolute Gasteiger partial charge is 0.351 e. The number of aromatic nitrogens is 5. The molecule has 0 N–H and O–H groups in total. The van der Waals surface area contributed by atoms with Crippen molar-refractivity contribution in [3.05, 3.63) is 70.7 Å². The van der Waals surface area contributed by atoms with Gasteiger partial charge in [0.1, 0.15) is 4.83 Å². The second-order valence-electron chi connectivity index (χ2n) is 6.13. The summed E-state index contributed by atoms with van der Waals surface area (Å²) in [6.45, 7) is 2.54. The van der Waals surface area contributed by atoms with E-state index in [1.54, 1.807) is 28.3 Å². The van der Waals surface area contributed by atoms with Crippen molar-refractivity contribution in [1.29, 1.82) is 0 Å². The highest BCUT2D eigenvalue weighted by Gasteiger charge is 2.20. The van der Waals surface area contributed by atoms with Crippen LogP contribution in [-0.4, -0.2) is 24.1 Å². The summed E-state index contributed by atoms with van der Waals surface area (Å²) >= 11 is 1.56. The number of benzene rings is 1. The summed E-state index contributed by atoms with van der Waals surface area (Å²) in [7, 11) is 0. The third-order valence-corrected chi connectivity index (χ3v) is 5.58. The first kappa shape index (κ1) is 15.9. The quantitative estimate of drug-likeness (QED) is 0.482. The summed E-state index contributed by atoms with van der Waals surface area (Å²) < 4.78 is 3.16. The van der Waals surface area contributed by atoms with Gasteiger partial charge in [-0.15, -0.1) is 16.4 Å². The van der Waals surface area contributed by atoms with E-state index in [1.807, 2.05) is 37.3 Å². The highest BCUT2D eigenvalue weighted by Crippen LogP contribution is 2.35. The molecule has 0 unspecified atom stereocenters. The molecule has 0 spiro atoms. The van der Waals surface area contributed by atoms with Crippen molar-refractivity contribution in [3.63, 3.8) is 0 Å². The Labute approximate surface area is 158 Å². The summed E-state index contributed by atoms with van der Waals surface area (Å²) in [6.07, 6.45) is 3.41. The maximum Gasteiger partial charge on any atom is 0.351 e. The number of nitrogens with zero attached hydrogens (tertiary/aromatic N) is 5. The number of aryl methyl sites for hydroxylation is 1. The van der Waals surface area contributed by atoms with Crippen molar-refractivity contribution in [2.45, 2.75) is 13.5 Å². The fraction of sp³-hybridized carbons (Fsp3) is 0.100. The molecule has 132 valence electrons. The third-order valence-electron chi connectivity index (χ3n) is 4.58. The Morgan fingerprint density at radius 1 is 1.07 bits per heavy atom. The van der Waals surface area contributed by atoms with Crippen LogP contribution in [0.3, 0.4) is 0 Å². The molecular formula is C20H15N5OS. The molecule has 0 saturated carbocycles. The van der Waals surface area contributed by atoms with Crippen LogP contribution in [0.2, 0.25) is 0 Å². The summed E-state index contributed by atoms with van der Waals surface area (Å²) in [5, 5.41) is 7.53. The molecule has 0 aliphatic heterocycles. The van der Waals surface area contributed by atoms with Gasteiger partial charge in [-0.2, -0.15) is 4.52 Å². The molecule has 0 radical (unpaired) electrons. The van der Waals surface area contributed by atoms with Gasteiger partial charge in [-0.25, -0.2) is 9.78 Å². The van der Waals surface area contributed by atoms with Crippen molar-refractivity contribution in [1.82, 2.24) is 24.1 Å². The minimum absolute atomic E-state index is 0.177. The SMILES string of the molecule is CCn1c(=O)n2nc(-c3cccnc3)nc2c2c(-c3ccccc3)csc21. The normalized spacial score (nSPS) is 11.4. The number of thiophene rings is 1. The molecule has 4 aromatic heterocycles. The van der Waals surface area contributed by atoms with E-state index in [2.05, 4.69) is 27.6 Å². The topological polar surface area (TPSA) is 65.1 Å². The first-order valence-electron chi connectivity index (χ1n) is 8.64. The number of fused-ring (bicyclic) bond motifs is 3. The number of rotatable bonds is 3. The number of pyridine rings is 1. The summed E-state index contributed by atoms with van der Waals surface area (Å²) in [6, 6.07) is 13.9. The van der Waals surface area contributed by atoms with Gasteiger partial charge in [0.25, 0.3) is 0 Å². The average Bonchev–Trinajstić information content (AvgIpc) is 3.35. The van der Waals surface area contributed by atoms with E-state index >= 15 is 0 Å². The minimum Gasteiger partial charge on any atom is -0.283 e. The minimum atomic E-state index is -0.177. The van der Waals surface area contributed by atoms with Crippen LogP contribution in [0.25, 0.3) is 38.4 Å². The Hall–Kier alpha value is -3.32. The van der Waals surface area contributed by atoms with Gasteiger partial charge in [-0.1, -0.05) is 30.3 Å². The Kier molecular flexibility index (Phi) is 3.61. The smallest absolute Gasteiger partial charge is 0.283 e. The van der Waals surface area contributed by atoms with Gasteiger partial charge < -0.3 is 0 Å². The van der Waals surface area contributed by atoms with Crippen molar-refractivity contribution < 1.29 is 0 Å². The molecule has 0 bridgehead atoms.